The fraction of sp³-hybridized carbons (Fsp3) is 0.381. The maximum Gasteiger partial charge on any atom is 0.243 e. The summed E-state index contributed by atoms with van der Waals surface area (Å²) in [5.41, 5.74) is 1.21. The number of nitrogens with one attached hydrogen (secondary N) is 1. The zero-order chi connectivity index (χ0) is 22.0. The zero-order valence-electron chi connectivity index (χ0n) is 17.1. The van der Waals surface area contributed by atoms with E-state index < -0.39 is 10.0 Å². The van der Waals surface area contributed by atoms with Crippen molar-refractivity contribution in [3.63, 3.8) is 0 Å². The maximum atomic E-state index is 12.8. The van der Waals surface area contributed by atoms with Gasteiger partial charge in [0.05, 0.1) is 16.3 Å². The standard InChI is InChI=1S/C21H24ClN3O5S/c1-24-6-8-25(9-7-24)31(27,28)17-4-2-16(3-5-17)23-20(26)14-15-12-18(22)21-19(13-15)29-10-11-30-21/h2-5,12-13H,6-11,14H2,1H3,(H,23,26). The highest BCUT2D eigenvalue weighted by Crippen LogP contribution is 2.38. The minimum atomic E-state index is -3.54. The van der Waals surface area contributed by atoms with Crippen LogP contribution in [0.4, 0.5) is 5.69 Å². The number of rotatable bonds is 5. The van der Waals surface area contributed by atoms with E-state index in [1.54, 1.807) is 24.3 Å². The Balaban J connectivity index is 1.40. The molecule has 1 amide bonds. The SMILES string of the molecule is CN1CCN(S(=O)(=O)c2ccc(NC(=O)Cc3cc(Cl)c4c(c3)OCCO4)cc2)CC1. The first-order valence-corrected chi connectivity index (χ1v) is 11.8. The Kier molecular flexibility index (Phi) is 6.38. The molecule has 4 rings (SSSR count). The number of hydrogen-bond donors (Lipinski definition) is 1. The van der Waals surface area contributed by atoms with Crippen molar-refractivity contribution in [3.8, 4) is 11.5 Å². The third-order valence-corrected chi connectivity index (χ3v) is 7.45. The lowest BCUT2D eigenvalue weighted by Crippen LogP contribution is -2.46. The highest BCUT2D eigenvalue weighted by molar-refractivity contribution is 7.89. The van der Waals surface area contributed by atoms with Crippen LogP contribution < -0.4 is 14.8 Å². The minimum Gasteiger partial charge on any atom is -0.486 e. The molecule has 1 N–H and O–H groups in total. The highest BCUT2D eigenvalue weighted by Gasteiger charge is 2.27. The number of hydrogen-bond acceptors (Lipinski definition) is 6. The number of piperazine rings is 1. The maximum absolute atomic E-state index is 12.8. The van der Waals surface area contributed by atoms with Crippen molar-refractivity contribution in [1.29, 1.82) is 0 Å². The summed E-state index contributed by atoms with van der Waals surface area (Å²) in [6.45, 7) is 3.22. The van der Waals surface area contributed by atoms with Crippen LogP contribution in [0, 0.1) is 0 Å². The lowest BCUT2D eigenvalue weighted by atomic mass is 10.1. The minimum absolute atomic E-state index is 0.0949. The van der Waals surface area contributed by atoms with E-state index in [0.717, 1.165) is 0 Å². The van der Waals surface area contributed by atoms with Gasteiger partial charge < -0.3 is 19.7 Å². The van der Waals surface area contributed by atoms with E-state index in [4.69, 9.17) is 21.1 Å². The Hall–Kier alpha value is -2.33. The van der Waals surface area contributed by atoms with Crippen LogP contribution >= 0.6 is 11.6 Å². The van der Waals surface area contributed by atoms with Gasteiger partial charge in [-0.1, -0.05) is 11.6 Å². The molecule has 8 nitrogen and oxygen atoms in total. The van der Waals surface area contributed by atoms with Gasteiger partial charge in [0.2, 0.25) is 15.9 Å². The van der Waals surface area contributed by atoms with Gasteiger partial charge >= 0.3 is 0 Å². The molecule has 1 fully saturated rings. The van der Waals surface area contributed by atoms with Crippen LogP contribution in [0.3, 0.4) is 0 Å². The number of amides is 1. The molecule has 0 bridgehead atoms. The summed E-state index contributed by atoms with van der Waals surface area (Å²) in [5, 5.41) is 3.19. The monoisotopic (exact) mass is 465 g/mol. The molecule has 0 atom stereocenters. The van der Waals surface area contributed by atoms with Crippen molar-refractivity contribution in [1.82, 2.24) is 9.21 Å². The highest BCUT2D eigenvalue weighted by atomic mass is 35.5. The van der Waals surface area contributed by atoms with Crippen LogP contribution in [0.25, 0.3) is 0 Å². The van der Waals surface area contributed by atoms with Crippen molar-refractivity contribution in [2.24, 2.45) is 0 Å². The molecule has 0 aromatic heterocycles. The molecule has 0 saturated carbocycles. The Labute approximate surface area is 186 Å². The lowest BCUT2D eigenvalue weighted by molar-refractivity contribution is -0.115. The van der Waals surface area contributed by atoms with Gasteiger partial charge in [-0.2, -0.15) is 4.31 Å². The molecule has 0 spiro atoms. The number of nitrogens with zero attached hydrogens (tertiary/aromatic N) is 2. The second-order valence-electron chi connectivity index (χ2n) is 7.56. The fourth-order valence-corrected chi connectivity index (χ4v) is 5.25. The van der Waals surface area contributed by atoms with Gasteiger partial charge in [0.15, 0.2) is 11.5 Å². The average Bonchev–Trinajstić information content (AvgIpc) is 2.74. The first kappa shape index (κ1) is 21.9. The molecule has 0 radical (unpaired) electrons. The van der Waals surface area contributed by atoms with Gasteiger partial charge in [0.25, 0.3) is 0 Å². The summed E-state index contributed by atoms with van der Waals surface area (Å²) in [4.78, 5) is 14.8. The molecule has 2 aliphatic heterocycles. The second kappa shape index (κ2) is 9.04. The Morgan fingerprint density at radius 2 is 1.74 bits per heavy atom. The number of sulfonamides is 1. The molecule has 2 aromatic carbocycles. The smallest absolute Gasteiger partial charge is 0.243 e. The average molecular weight is 466 g/mol. The summed E-state index contributed by atoms with van der Waals surface area (Å²) in [7, 11) is -1.57. The summed E-state index contributed by atoms with van der Waals surface area (Å²) in [6, 6.07) is 9.65. The number of fused-ring (bicyclic) bond motifs is 1. The normalized spacial score (nSPS) is 17.4. The first-order chi connectivity index (χ1) is 14.8. The van der Waals surface area contributed by atoms with Crippen molar-refractivity contribution in [2.45, 2.75) is 11.3 Å². The van der Waals surface area contributed by atoms with Crippen molar-refractivity contribution < 1.29 is 22.7 Å². The van der Waals surface area contributed by atoms with Crippen LogP contribution in [0.5, 0.6) is 11.5 Å². The summed E-state index contributed by atoms with van der Waals surface area (Å²) in [5.74, 6) is 0.775. The second-order valence-corrected chi connectivity index (χ2v) is 9.90. The lowest BCUT2D eigenvalue weighted by Gasteiger charge is -2.31. The number of halogens is 1. The Morgan fingerprint density at radius 3 is 2.45 bits per heavy atom. The molecule has 0 unspecified atom stereocenters. The molecule has 2 aromatic rings. The van der Waals surface area contributed by atoms with Crippen molar-refractivity contribution >= 4 is 33.2 Å². The van der Waals surface area contributed by atoms with E-state index in [1.165, 1.54) is 16.4 Å². The molecule has 0 aliphatic carbocycles. The number of benzene rings is 2. The van der Waals surface area contributed by atoms with E-state index >= 15 is 0 Å². The van der Waals surface area contributed by atoms with E-state index in [1.807, 2.05) is 7.05 Å². The molecular weight excluding hydrogens is 442 g/mol. The van der Waals surface area contributed by atoms with E-state index in [0.29, 0.717) is 67.2 Å². The third-order valence-electron chi connectivity index (χ3n) is 5.26. The molecule has 166 valence electrons. The predicted octanol–water partition coefficient (Wildman–Crippen LogP) is 2.23. The first-order valence-electron chi connectivity index (χ1n) is 9.99. The molecule has 10 heteroatoms. The topological polar surface area (TPSA) is 88.2 Å². The quantitative estimate of drug-likeness (QED) is 0.728. The molecular formula is C21H24ClN3O5S. The number of carbonyl (C=O) groups excluding carboxylic acids is 1. The van der Waals surface area contributed by atoms with Crippen LogP contribution in [-0.4, -0.2) is 70.0 Å². The summed E-state index contributed by atoms with van der Waals surface area (Å²) in [6.07, 6.45) is 0.0949. The Bertz CT molecular complexity index is 1070. The van der Waals surface area contributed by atoms with E-state index in [9.17, 15) is 13.2 Å². The van der Waals surface area contributed by atoms with Crippen LogP contribution in [-0.2, 0) is 21.2 Å². The molecule has 31 heavy (non-hydrogen) atoms. The largest absolute Gasteiger partial charge is 0.486 e. The summed E-state index contributed by atoms with van der Waals surface area (Å²) < 4.78 is 38.1. The van der Waals surface area contributed by atoms with Gasteiger partial charge in [-0.15, -0.1) is 0 Å². The van der Waals surface area contributed by atoms with Gasteiger partial charge in [-0.25, -0.2) is 8.42 Å². The van der Waals surface area contributed by atoms with E-state index in [2.05, 4.69) is 10.2 Å². The van der Waals surface area contributed by atoms with Gasteiger partial charge in [0, 0.05) is 31.9 Å². The number of ether oxygens (including phenoxy) is 2. The Morgan fingerprint density at radius 1 is 1.06 bits per heavy atom. The number of anilines is 1. The summed E-state index contributed by atoms with van der Waals surface area (Å²) >= 11 is 6.22. The van der Waals surface area contributed by atoms with Gasteiger partial charge in [-0.05, 0) is 49.0 Å². The van der Waals surface area contributed by atoms with Gasteiger partial charge in [0.1, 0.15) is 13.2 Å². The third kappa shape index (κ3) is 4.95. The van der Waals surface area contributed by atoms with Crippen LogP contribution in [0.1, 0.15) is 5.56 Å². The molecule has 2 aliphatic rings. The number of likely N-dealkylation sites (N-methyl/N-ethyl adjacent to an activating group) is 1. The van der Waals surface area contributed by atoms with E-state index in [-0.39, 0.29) is 17.2 Å². The zero-order valence-corrected chi connectivity index (χ0v) is 18.7. The fourth-order valence-electron chi connectivity index (χ4n) is 3.54. The predicted molar refractivity (Wildman–Crippen MR) is 117 cm³/mol. The van der Waals surface area contributed by atoms with Crippen molar-refractivity contribution in [3.05, 3.63) is 47.0 Å². The van der Waals surface area contributed by atoms with Crippen LogP contribution in [0.15, 0.2) is 41.3 Å². The van der Waals surface area contributed by atoms with Crippen molar-refractivity contribution in [2.75, 3.05) is 51.8 Å². The molecule has 1 saturated heterocycles. The van der Waals surface area contributed by atoms with Gasteiger partial charge in [-0.3, -0.25) is 4.79 Å². The van der Waals surface area contributed by atoms with Crippen LogP contribution in [0.2, 0.25) is 5.02 Å². The molecule has 2 heterocycles. The number of carbonyl (C=O) groups is 1.